The van der Waals surface area contributed by atoms with Crippen LogP contribution in [0.3, 0.4) is 0 Å². The Hall–Kier alpha value is -2.34. The highest BCUT2D eigenvalue weighted by atomic mass is 16.5. The first-order valence-corrected chi connectivity index (χ1v) is 8.56. The van der Waals surface area contributed by atoms with Gasteiger partial charge in [-0.15, -0.1) is 0 Å². The molecule has 1 heterocycles. The van der Waals surface area contributed by atoms with Gasteiger partial charge in [-0.2, -0.15) is 0 Å². The van der Waals surface area contributed by atoms with Gasteiger partial charge in [-0.25, -0.2) is 4.79 Å². The number of hydrogen-bond donors (Lipinski definition) is 1. The highest BCUT2D eigenvalue weighted by molar-refractivity contribution is 5.35. The van der Waals surface area contributed by atoms with Gasteiger partial charge in [-0.1, -0.05) is 17.7 Å². The zero-order valence-corrected chi connectivity index (χ0v) is 15.5. The topological polar surface area (TPSA) is 67.3 Å². The maximum absolute atomic E-state index is 11.9. The van der Waals surface area contributed by atoms with Crippen LogP contribution in [0.1, 0.15) is 23.2 Å². The number of benzene rings is 1. The number of aromatic nitrogens is 2. The SMILES string of the molecule is Cc1ccc(OCCCN(C)CCn2c(=O)cc(C)[nH]c2=O)c(C)c1. The molecule has 136 valence electrons. The minimum Gasteiger partial charge on any atom is -0.493 e. The van der Waals surface area contributed by atoms with Crippen LogP contribution in [-0.2, 0) is 6.54 Å². The van der Waals surface area contributed by atoms with Gasteiger partial charge in [0.2, 0.25) is 0 Å². The first kappa shape index (κ1) is 19.0. The summed E-state index contributed by atoms with van der Waals surface area (Å²) in [5.74, 6) is 0.922. The van der Waals surface area contributed by atoms with Gasteiger partial charge in [-0.05, 0) is 45.9 Å². The molecule has 0 radical (unpaired) electrons. The largest absolute Gasteiger partial charge is 0.493 e. The molecule has 2 rings (SSSR count). The second-order valence-corrected chi connectivity index (χ2v) is 6.52. The van der Waals surface area contributed by atoms with E-state index in [1.54, 1.807) is 6.92 Å². The minimum absolute atomic E-state index is 0.257. The molecule has 0 amide bonds. The summed E-state index contributed by atoms with van der Waals surface area (Å²) in [6.07, 6.45) is 0.878. The molecular weight excluding hydrogens is 318 g/mol. The van der Waals surface area contributed by atoms with Gasteiger partial charge in [0.05, 0.1) is 6.61 Å². The second-order valence-electron chi connectivity index (χ2n) is 6.52. The molecule has 0 aliphatic rings. The Morgan fingerprint density at radius 3 is 2.56 bits per heavy atom. The summed E-state index contributed by atoms with van der Waals surface area (Å²) in [5, 5.41) is 0. The molecule has 1 aromatic carbocycles. The Kier molecular flexibility index (Phi) is 6.58. The molecule has 0 spiro atoms. The summed E-state index contributed by atoms with van der Waals surface area (Å²) in [7, 11) is 1.98. The summed E-state index contributed by atoms with van der Waals surface area (Å²) in [6.45, 7) is 8.30. The van der Waals surface area contributed by atoms with Crippen molar-refractivity contribution in [3.63, 3.8) is 0 Å². The van der Waals surface area contributed by atoms with Crippen molar-refractivity contribution in [3.05, 3.63) is 61.9 Å². The van der Waals surface area contributed by atoms with E-state index in [1.165, 1.54) is 16.2 Å². The predicted octanol–water partition coefficient (Wildman–Crippen LogP) is 1.86. The Bertz CT molecular complexity index is 792. The number of H-pyrrole nitrogens is 1. The molecular formula is C19H27N3O3. The van der Waals surface area contributed by atoms with E-state index >= 15 is 0 Å². The molecule has 0 bridgehead atoms. The average molecular weight is 345 g/mol. The average Bonchev–Trinajstić information content (AvgIpc) is 2.52. The van der Waals surface area contributed by atoms with E-state index < -0.39 is 0 Å². The monoisotopic (exact) mass is 345 g/mol. The normalized spacial score (nSPS) is 11.1. The van der Waals surface area contributed by atoms with Crippen molar-refractivity contribution in [2.24, 2.45) is 0 Å². The lowest BCUT2D eigenvalue weighted by atomic mass is 10.1. The fraction of sp³-hybridized carbons (Fsp3) is 0.474. The quantitative estimate of drug-likeness (QED) is 0.742. The molecule has 25 heavy (non-hydrogen) atoms. The van der Waals surface area contributed by atoms with Crippen LogP contribution in [0.2, 0.25) is 0 Å². The fourth-order valence-electron chi connectivity index (χ4n) is 2.71. The Balaban J connectivity index is 1.75. The van der Waals surface area contributed by atoms with Gasteiger partial charge in [0.1, 0.15) is 5.75 Å². The number of rotatable bonds is 8. The van der Waals surface area contributed by atoms with Crippen molar-refractivity contribution in [3.8, 4) is 5.75 Å². The van der Waals surface area contributed by atoms with E-state index in [4.69, 9.17) is 4.74 Å². The molecule has 6 heteroatoms. The lowest BCUT2D eigenvalue weighted by Crippen LogP contribution is -2.38. The maximum Gasteiger partial charge on any atom is 0.328 e. The third-order valence-electron chi connectivity index (χ3n) is 4.13. The fourth-order valence-corrected chi connectivity index (χ4v) is 2.71. The standard InChI is InChI=1S/C19H27N3O3/c1-14-6-7-17(15(2)12-14)25-11-5-8-21(4)9-10-22-18(23)13-16(3)20-19(22)24/h6-7,12-13H,5,8-11H2,1-4H3,(H,20,24). The van der Waals surface area contributed by atoms with Crippen LogP contribution in [0.4, 0.5) is 0 Å². The number of hydrogen-bond acceptors (Lipinski definition) is 4. The van der Waals surface area contributed by atoms with E-state index in [9.17, 15) is 9.59 Å². The zero-order chi connectivity index (χ0) is 18.4. The van der Waals surface area contributed by atoms with E-state index in [0.29, 0.717) is 25.4 Å². The molecule has 0 unspecified atom stereocenters. The maximum atomic E-state index is 11.9. The number of aromatic amines is 1. The summed E-state index contributed by atoms with van der Waals surface area (Å²) in [5.41, 5.74) is 2.35. The molecule has 0 aliphatic heterocycles. The van der Waals surface area contributed by atoms with E-state index in [-0.39, 0.29) is 11.2 Å². The number of likely N-dealkylation sites (N-methyl/N-ethyl adjacent to an activating group) is 1. The summed E-state index contributed by atoms with van der Waals surface area (Å²) >= 11 is 0. The van der Waals surface area contributed by atoms with Crippen molar-refractivity contribution in [1.82, 2.24) is 14.5 Å². The predicted molar refractivity (Wildman–Crippen MR) is 99.6 cm³/mol. The van der Waals surface area contributed by atoms with Gasteiger partial charge < -0.3 is 14.6 Å². The molecule has 0 saturated carbocycles. The number of nitrogens with one attached hydrogen (secondary N) is 1. The molecule has 6 nitrogen and oxygen atoms in total. The van der Waals surface area contributed by atoms with Crippen molar-refractivity contribution in [1.29, 1.82) is 0 Å². The summed E-state index contributed by atoms with van der Waals surface area (Å²) in [6, 6.07) is 7.60. The van der Waals surface area contributed by atoms with Crippen LogP contribution < -0.4 is 16.0 Å². The summed E-state index contributed by atoms with van der Waals surface area (Å²) in [4.78, 5) is 28.4. The molecule has 1 aromatic heterocycles. The Labute approximate surface area is 148 Å². The zero-order valence-electron chi connectivity index (χ0n) is 15.5. The first-order chi connectivity index (χ1) is 11.9. The lowest BCUT2D eigenvalue weighted by Gasteiger charge is -2.17. The third kappa shape index (κ3) is 5.60. The van der Waals surface area contributed by atoms with Gasteiger partial charge in [0.15, 0.2) is 0 Å². The van der Waals surface area contributed by atoms with Crippen LogP contribution in [0.5, 0.6) is 5.75 Å². The molecule has 1 N–H and O–H groups in total. The van der Waals surface area contributed by atoms with E-state index in [2.05, 4.69) is 22.9 Å². The molecule has 0 fully saturated rings. The Morgan fingerprint density at radius 1 is 1.12 bits per heavy atom. The van der Waals surface area contributed by atoms with Gasteiger partial charge in [-0.3, -0.25) is 9.36 Å². The van der Waals surface area contributed by atoms with Crippen LogP contribution in [0.15, 0.2) is 33.9 Å². The number of ether oxygens (including phenoxy) is 1. The second kappa shape index (κ2) is 8.67. The molecule has 0 saturated heterocycles. The van der Waals surface area contributed by atoms with Crippen molar-refractivity contribution in [2.45, 2.75) is 33.7 Å². The van der Waals surface area contributed by atoms with Gasteiger partial charge in [0, 0.05) is 31.4 Å². The first-order valence-electron chi connectivity index (χ1n) is 8.56. The third-order valence-corrected chi connectivity index (χ3v) is 4.13. The van der Waals surface area contributed by atoms with Crippen molar-refractivity contribution >= 4 is 0 Å². The van der Waals surface area contributed by atoms with E-state index in [1.807, 2.05) is 26.1 Å². The highest BCUT2D eigenvalue weighted by Gasteiger charge is 2.05. The minimum atomic E-state index is -0.350. The molecule has 2 aromatic rings. The van der Waals surface area contributed by atoms with Crippen LogP contribution in [0, 0.1) is 20.8 Å². The lowest BCUT2D eigenvalue weighted by molar-refractivity contribution is 0.255. The van der Waals surface area contributed by atoms with E-state index in [0.717, 1.165) is 24.3 Å². The van der Waals surface area contributed by atoms with Gasteiger partial charge >= 0.3 is 5.69 Å². The summed E-state index contributed by atoms with van der Waals surface area (Å²) < 4.78 is 7.05. The van der Waals surface area contributed by atoms with Crippen LogP contribution in [0.25, 0.3) is 0 Å². The van der Waals surface area contributed by atoms with Gasteiger partial charge in [0.25, 0.3) is 5.56 Å². The smallest absolute Gasteiger partial charge is 0.328 e. The number of nitrogens with zero attached hydrogens (tertiary/aromatic N) is 2. The molecule has 0 atom stereocenters. The highest BCUT2D eigenvalue weighted by Crippen LogP contribution is 2.18. The Morgan fingerprint density at radius 2 is 1.88 bits per heavy atom. The van der Waals surface area contributed by atoms with Crippen molar-refractivity contribution in [2.75, 3.05) is 26.7 Å². The van der Waals surface area contributed by atoms with Crippen LogP contribution in [-0.4, -0.2) is 41.2 Å². The van der Waals surface area contributed by atoms with Crippen LogP contribution >= 0.6 is 0 Å². The molecule has 0 aliphatic carbocycles. The number of aryl methyl sites for hydroxylation is 3. The van der Waals surface area contributed by atoms with Crippen molar-refractivity contribution < 1.29 is 4.74 Å².